The number of hydrogen-bond donors (Lipinski definition) is 1. The van der Waals surface area contributed by atoms with Crippen LogP contribution in [0.2, 0.25) is 0 Å². The van der Waals surface area contributed by atoms with E-state index in [1.807, 2.05) is 24.3 Å². The molecule has 1 heterocycles. The van der Waals surface area contributed by atoms with Crippen molar-refractivity contribution in [2.75, 3.05) is 0 Å². The maximum absolute atomic E-state index is 11.0. The van der Waals surface area contributed by atoms with Gasteiger partial charge in [0, 0.05) is 11.6 Å². The topological polar surface area (TPSA) is 50.2 Å². The maximum atomic E-state index is 11.0. The molecule has 0 fully saturated rings. The molecular weight excluding hydrogens is 202 g/mol. The molecule has 0 aliphatic rings. The van der Waals surface area contributed by atoms with Crippen LogP contribution in [0.5, 0.6) is 0 Å². The Morgan fingerprint density at radius 1 is 1.31 bits per heavy atom. The number of aromatic nitrogens is 1. The molecule has 0 aliphatic heterocycles. The standard InChI is InChI=1S/C13H13NO2/c1-8(2)10-4-3-9-5-6-14-12(13(15)16)11(9)7-10/h3-8H,1-2H3,(H,15,16). The minimum absolute atomic E-state index is 0.125. The Bertz CT molecular complexity index is 547. The first-order chi connectivity index (χ1) is 7.59. The molecule has 0 amide bonds. The predicted molar refractivity (Wildman–Crippen MR) is 62.8 cm³/mol. The van der Waals surface area contributed by atoms with Crippen molar-refractivity contribution in [3.63, 3.8) is 0 Å². The Kier molecular flexibility index (Phi) is 2.60. The van der Waals surface area contributed by atoms with E-state index in [0.717, 1.165) is 10.9 Å². The molecule has 0 bridgehead atoms. The molecule has 0 unspecified atom stereocenters. The summed E-state index contributed by atoms with van der Waals surface area (Å²) < 4.78 is 0. The summed E-state index contributed by atoms with van der Waals surface area (Å²) in [6, 6.07) is 7.71. The third-order valence-electron chi connectivity index (χ3n) is 2.66. The van der Waals surface area contributed by atoms with Gasteiger partial charge in [0.05, 0.1) is 0 Å². The van der Waals surface area contributed by atoms with E-state index in [0.29, 0.717) is 11.3 Å². The number of carboxylic acids is 1. The summed E-state index contributed by atoms with van der Waals surface area (Å²) in [5.41, 5.74) is 1.25. The van der Waals surface area contributed by atoms with Crippen molar-refractivity contribution in [2.45, 2.75) is 19.8 Å². The lowest BCUT2D eigenvalue weighted by molar-refractivity contribution is 0.0693. The number of fused-ring (bicyclic) bond motifs is 1. The van der Waals surface area contributed by atoms with E-state index < -0.39 is 5.97 Å². The van der Waals surface area contributed by atoms with Crippen molar-refractivity contribution in [1.82, 2.24) is 4.98 Å². The zero-order valence-corrected chi connectivity index (χ0v) is 9.27. The first-order valence-electron chi connectivity index (χ1n) is 5.21. The highest BCUT2D eigenvalue weighted by atomic mass is 16.4. The Balaban J connectivity index is 2.73. The van der Waals surface area contributed by atoms with Crippen molar-refractivity contribution < 1.29 is 9.90 Å². The average molecular weight is 215 g/mol. The molecule has 1 aromatic carbocycles. The third kappa shape index (κ3) is 1.76. The fourth-order valence-electron chi connectivity index (χ4n) is 1.72. The van der Waals surface area contributed by atoms with Gasteiger partial charge in [0.25, 0.3) is 0 Å². The molecule has 2 aromatic rings. The van der Waals surface area contributed by atoms with Crippen molar-refractivity contribution in [3.8, 4) is 0 Å². The quantitative estimate of drug-likeness (QED) is 0.837. The zero-order valence-electron chi connectivity index (χ0n) is 9.27. The Labute approximate surface area is 93.7 Å². The van der Waals surface area contributed by atoms with Gasteiger partial charge in [0.15, 0.2) is 5.69 Å². The molecule has 0 atom stereocenters. The van der Waals surface area contributed by atoms with Gasteiger partial charge in [-0.25, -0.2) is 9.78 Å². The summed E-state index contributed by atoms with van der Waals surface area (Å²) in [5.74, 6) is -0.599. The van der Waals surface area contributed by atoms with Crippen LogP contribution in [0, 0.1) is 0 Å². The Morgan fingerprint density at radius 3 is 2.69 bits per heavy atom. The molecule has 1 aromatic heterocycles. The smallest absolute Gasteiger partial charge is 0.355 e. The molecule has 3 heteroatoms. The van der Waals surface area contributed by atoms with Gasteiger partial charge in [-0.05, 0) is 29.0 Å². The number of aromatic carboxylic acids is 1. The lowest BCUT2D eigenvalue weighted by atomic mass is 9.99. The molecule has 16 heavy (non-hydrogen) atoms. The SMILES string of the molecule is CC(C)c1ccc2ccnc(C(=O)O)c2c1. The molecule has 0 spiro atoms. The summed E-state index contributed by atoms with van der Waals surface area (Å²) >= 11 is 0. The van der Waals surface area contributed by atoms with E-state index in [-0.39, 0.29) is 5.69 Å². The summed E-state index contributed by atoms with van der Waals surface area (Å²) in [4.78, 5) is 14.9. The molecule has 82 valence electrons. The number of nitrogens with zero attached hydrogens (tertiary/aromatic N) is 1. The summed E-state index contributed by atoms with van der Waals surface area (Å²) in [6.07, 6.45) is 1.53. The normalized spacial score (nSPS) is 10.9. The first kappa shape index (κ1) is 10.6. The minimum Gasteiger partial charge on any atom is -0.476 e. The van der Waals surface area contributed by atoms with E-state index in [2.05, 4.69) is 18.8 Å². The Hall–Kier alpha value is -1.90. The van der Waals surface area contributed by atoms with E-state index in [9.17, 15) is 4.79 Å². The van der Waals surface area contributed by atoms with Gasteiger partial charge in [-0.15, -0.1) is 0 Å². The summed E-state index contributed by atoms with van der Waals surface area (Å²) in [5, 5.41) is 10.7. The van der Waals surface area contributed by atoms with Crippen LogP contribution < -0.4 is 0 Å². The fourth-order valence-corrected chi connectivity index (χ4v) is 1.72. The molecule has 3 nitrogen and oxygen atoms in total. The van der Waals surface area contributed by atoms with Crippen molar-refractivity contribution in [3.05, 3.63) is 41.7 Å². The minimum atomic E-state index is -0.980. The maximum Gasteiger partial charge on any atom is 0.355 e. The van der Waals surface area contributed by atoms with Gasteiger partial charge in [-0.1, -0.05) is 26.0 Å². The lowest BCUT2D eigenvalue weighted by Crippen LogP contribution is -2.01. The van der Waals surface area contributed by atoms with Gasteiger partial charge < -0.3 is 5.11 Å². The fraction of sp³-hybridized carbons (Fsp3) is 0.231. The third-order valence-corrected chi connectivity index (χ3v) is 2.66. The van der Waals surface area contributed by atoms with Gasteiger partial charge in [-0.3, -0.25) is 0 Å². The highest BCUT2D eigenvalue weighted by Crippen LogP contribution is 2.23. The van der Waals surface area contributed by atoms with Crippen LogP contribution in [-0.4, -0.2) is 16.1 Å². The number of carbonyl (C=O) groups is 1. The van der Waals surface area contributed by atoms with Crippen molar-refractivity contribution in [1.29, 1.82) is 0 Å². The van der Waals surface area contributed by atoms with Crippen LogP contribution in [0.15, 0.2) is 30.5 Å². The molecule has 0 saturated carbocycles. The number of carboxylic acid groups (broad SMARTS) is 1. The molecule has 0 radical (unpaired) electrons. The van der Waals surface area contributed by atoms with Crippen LogP contribution >= 0.6 is 0 Å². The summed E-state index contributed by atoms with van der Waals surface area (Å²) in [6.45, 7) is 4.16. The lowest BCUT2D eigenvalue weighted by Gasteiger charge is -2.08. The molecule has 0 saturated heterocycles. The molecule has 2 rings (SSSR count). The number of pyridine rings is 1. The molecule has 0 aliphatic carbocycles. The second-order valence-corrected chi connectivity index (χ2v) is 4.10. The average Bonchev–Trinajstić information content (AvgIpc) is 2.27. The predicted octanol–water partition coefficient (Wildman–Crippen LogP) is 3.06. The highest BCUT2D eigenvalue weighted by Gasteiger charge is 2.10. The van der Waals surface area contributed by atoms with Crippen LogP contribution in [0.25, 0.3) is 10.8 Å². The second-order valence-electron chi connectivity index (χ2n) is 4.10. The van der Waals surface area contributed by atoms with Crippen molar-refractivity contribution >= 4 is 16.7 Å². The Morgan fingerprint density at radius 2 is 2.06 bits per heavy atom. The van der Waals surface area contributed by atoms with Crippen LogP contribution in [0.1, 0.15) is 35.8 Å². The molecular formula is C13H13NO2. The van der Waals surface area contributed by atoms with Crippen LogP contribution in [0.3, 0.4) is 0 Å². The van der Waals surface area contributed by atoms with Gasteiger partial charge in [0.1, 0.15) is 0 Å². The van der Waals surface area contributed by atoms with Gasteiger partial charge in [-0.2, -0.15) is 0 Å². The van der Waals surface area contributed by atoms with Gasteiger partial charge in [0.2, 0.25) is 0 Å². The molecule has 1 N–H and O–H groups in total. The monoisotopic (exact) mass is 215 g/mol. The van der Waals surface area contributed by atoms with Crippen LogP contribution in [0.4, 0.5) is 0 Å². The van der Waals surface area contributed by atoms with E-state index in [1.165, 1.54) is 6.20 Å². The summed E-state index contributed by atoms with van der Waals surface area (Å²) in [7, 11) is 0. The number of hydrogen-bond acceptors (Lipinski definition) is 2. The van der Waals surface area contributed by atoms with E-state index in [1.54, 1.807) is 0 Å². The van der Waals surface area contributed by atoms with E-state index >= 15 is 0 Å². The van der Waals surface area contributed by atoms with Gasteiger partial charge >= 0.3 is 5.97 Å². The van der Waals surface area contributed by atoms with E-state index in [4.69, 9.17) is 5.11 Å². The van der Waals surface area contributed by atoms with Crippen LogP contribution in [-0.2, 0) is 0 Å². The highest BCUT2D eigenvalue weighted by molar-refractivity contribution is 6.01. The second kappa shape index (κ2) is 3.93. The van der Waals surface area contributed by atoms with Crippen molar-refractivity contribution in [2.24, 2.45) is 0 Å². The zero-order chi connectivity index (χ0) is 11.7. The first-order valence-corrected chi connectivity index (χ1v) is 5.21. The largest absolute Gasteiger partial charge is 0.476 e. The number of rotatable bonds is 2. The number of benzene rings is 1.